The van der Waals surface area contributed by atoms with Gasteiger partial charge in [0.15, 0.2) is 0 Å². The van der Waals surface area contributed by atoms with E-state index in [-0.39, 0.29) is 17.4 Å². The fourth-order valence-corrected chi connectivity index (χ4v) is 3.09. The van der Waals surface area contributed by atoms with Gasteiger partial charge in [-0.15, -0.1) is 0 Å². The number of carbonyl (C=O) groups is 3. The van der Waals surface area contributed by atoms with E-state index in [0.29, 0.717) is 38.2 Å². The number of likely N-dealkylation sites (tertiary alicyclic amines) is 1. The van der Waals surface area contributed by atoms with E-state index in [9.17, 15) is 18.8 Å². The van der Waals surface area contributed by atoms with Crippen LogP contribution in [0.15, 0.2) is 48.8 Å². The van der Waals surface area contributed by atoms with Crippen LogP contribution < -0.4 is 10.6 Å². The summed E-state index contributed by atoms with van der Waals surface area (Å²) < 4.78 is 13.8. The van der Waals surface area contributed by atoms with Gasteiger partial charge in [-0.1, -0.05) is 12.1 Å². The first-order valence-corrected chi connectivity index (χ1v) is 9.07. The maximum absolute atomic E-state index is 13.8. The van der Waals surface area contributed by atoms with Crippen molar-refractivity contribution < 1.29 is 18.8 Å². The first kappa shape index (κ1) is 19.5. The molecule has 1 fully saturated rings. The van der Waals surface area contributed by atoms with E-state index < -0.39 is 17.6 Å². The van der Waals surface area contributed by atoms with Gasteiger partial charge in [0.25, 0.3) is 5.91 Å². The molecule has 2 N–H and O–H groups in total. The Bertz CT molecular complexity index is 852. The summed E-state index contributed by atoms with van der Waals surface area (Å²) in [5.74, 6) is -2.16. The van der Waals surface area contributed by atoms with Gasteiger partial charge in [0.2, 0.25) is 0 Å². The Kier molecular flexibility index (Phi) is 6.31. The molecular formula is C20H21FN4O3. The monoisotopic (exact) mass is 384 g/mol. The Morgan fingerprint density at radius 2 is 1.82 bits per heavy atom. The van der Waals surface area contributed by atoms with Crippen molar-refractivity contribution in [3.05, 3.63) is 60.2 Å². The van der Waals surface area contributed by atoms with E-state index in [1.165, 1.54) is 18.3 Å². The Labute approximate surface area is 161 Å². The van der Waals surface area contributed by atoms with Crippen molar-refractivity contribution in [1.29, 1.82) is 0 Å². The summed E-state index contributed by atoms with van der Waals surface area (Å²) in [5.41, 5.74) is 0.518. The Morgan fingerprint density at radius 3 is 2.50 bits per heavy atom. The number of aromatic nitrogens is 1. The van der Waals surface area contributed by atoms with Crippen LogP contribution in [0.25, 0.3) is 0 Å². The summed E-state index contributed by atoms with van der Waals surface area (Å²) in [6.07, 6.45) is 4.36. The minimum absolute atomic E-state index is 0.0707. The van der Waals surface area contributed by atoms with Crippen molar-refractivity contribution in [2.45, 2.75) is 12.8 Å². The summed E-state index contributed by atoms with van der Waals surface area (Å²) >= 11 is 0. The van der Waals surface area contributed by atoms with E-state index in [4.69, 9.17) is 0 Å². The van der Waals surface area contributed by atoms with Crippen LogP contribution in [0.5, 0.6) is 0 Å². The van der Waals surface area contributed by atoms with E-state index in [1.54, 1.807) is 35.4 Å². The van der Waals surface area contributed by atoms with Gasteiger partial charge in [-0.05, 0) is 43.0 Å². The number of hydrogen-bond acceptors (Lipinski definition) is 4. The van der Waals surface area contributed by atoms with Gasteiger partial charge in [-0.2, -0.15) is 0 Å². The third-order valence-corrected chi connectivity index (χ3v) is 4.68. The molecule has 146 valence electrons. The van der Waals surface area contributed by atoms with E-state index in [0.717, 1.165) is 0 Å². The quantitative estimate of drug-likeness (QED) is 0.787. The molecule has 1 aliphatic rings. The number of pyridine rings is 1. The molecule has 2 heterocycles. The zero-order chi connectivity index (χ0) is 19.9. The maximum Gasteiger partial charge on any atom is 0.313 e. The normalized spacial score (nSPS) is 14.4. The molecule has 3 amide bonds. The molecule has 1 aromatic heterocycles. The fourth-order valence-electron chi connectivity index (χ4n) is 3.09. The smallest absolute Gasteiger partial charge is 0.313 e. The molecule has 0 atom stereocenters. The van der Waals surface area contributed by atoms with Crippen molar-refractivity contribution in [2.75, 3.05) is 25.0 Å². The number of hydrogen-bond donors (Lipinski definition) is 2. The fraction of sp³-hybridized carbons (Fsp3) is 0.300. The molecule has 0 spiro atoms. The number of halogens is 1. The predicted molar refractivity (Wildman–Crippen MR) is 101 cm³/mol. The highest BCUT2D eigenvalue weighted by Crippen LogP contribution is 2.19. The number of benzene rings is 1. The van der Waals surface area contributed by atoms with Gasteiger partial charge in [0.05, 0.1) is 17.4 Å². The van der Waals surface area contributed by atoms with Crippen molar-refractivity contribution in [2.24, 2.45) is 5.92 Å². The van der Waals surface area contributed by atoms with Crippen molar-refractivity contribution in [3.63, 3.8) is 0 Å². The minimum Gasteiger partial charge on any atom is -0.348 e. The van der Waals surface area contributed by atoms with Crippen molar-refractivity contribution in [1.82, 2.24) is 15.2 Å². The number of carbonyl (C=O) groups excluding carboxylic acids is 3. The number of piperidine rings is 1. The maximum atomic E-state index is 13.8. The van der Waals surface area contributed by atoms with Crippen molar-refractivity contribution in [3.8, 4) is 0 Å². The van der Waals surface area contributed by atoms with Crippen LogP contribution in [-0.2, 0) is 9.59 Å². The molecule has 0 bridgehead atoms. The average Bonchev–Trinajstić information content (AvgIpc) is 2.73. The molecule has 7 nitrogen and oxygen atoms in total. The predicted octanol–water partition coefficient (Wildman–Crippen LogP) is 1.83. The molecule has 1 saturated heterocycles. The summed E-state index contributed by atoms with van der Waals surface area (Å²) in [4.78, 5) is 41.7. The summed E-state index contributed by atoms with van der Waals surface area (Å²) in [5, 5.41) is 5.10. The lowest BCUT2D eigenvalue weighted by Gasteiger charge is -2.32. The lowest BCUT2D eigenvalue weighted by atomic mass is 9.96. The Balaban J connectivity index is 1.43. The molecule has 0 unspecified atom stereocenters. The number of rotatable bonds is 4. The van der Waals surface area contributed by atoms with Crippen LogP contribution in [0.4, 0.5) is 10.1 Å². The van der Waals surface area contributed by atoms with E-state index >= 15 is 0 Å². The number of nitrogens with one attached hydrogen (secondary N) is 2. The van der Waals surface area contributed by atoms with Crippen LogP contribution in [0.1, 0.15) is 23.2 Å². The number of amides is 3. The summed E-state index contributed by atoms with van der Waals surface area (Å²) in [6, 6.07) is 9.22. The third-order valence-electron chi connectivity index (χ3n) is 4.68. The Morgan fingerprint density at radius 1 is 1.07 bits per heavy atom. The highest BCUT2D eigenvalue weighted by Gasteiger charge is 2.26. The highest BCUT2D eigenvalue weighted by atomic mass is 19.1. The minimum atomic E-state index is -0.750. The molecule has 3 rings (SSSR count). The second kappa shape index (κ2) is 9.07. The van der Waals surface area contributed by atoms with Crippen LogP contribution >= 0.6 is 0 Å². The summed E-state index contributed by atoms with van der Waals surface area (Å²) in [6.45, 7) is 1.31. The van der Waals surface area contributed by atoms with Gasteiger partial charge in [-0.25, -0.2) is 4.39 Å². The highest BCUT2D eigenvalue weighted by molar-refractivity contribution is 6.39. The van der Waals surface area contributed by atoms with Crippen LogP contribution in [-0.4, -0.2) is 47.2 Å². The molecule has 1 aliphatic heterocycles. The molecule has 0 aliphatic carbocycles. The van der Waals surface area contributed by atoms with Crippen LogP contribution in [0.3, 0.4) is 0 Å². The van der Waals surface area contributed by atoms with Gasteiger partial charge in [0, 0.05) is 25.8 Å². The lowest BCUT2D eigenvalue weighted by Crippen LogP contribution is -2.43. The third kappa shape index (κ3) is 4.91. The first-order valence-electron chi connectivity index (χ1n) is 9.07. The molecule has 8 heteroatoms. The second-order valence-electron chi connectivity index (χ2n) is 6.62. The van der Waals surface area contributed by atoms with Crippen molar-refractivity contribution >= 4 is 23.4 Å². The van der Waals surface area contributed by atoms with Crippen LogP contribution in [0.2, 0.25) is 0 Å². The molecule has 28 heavy (non-hydrogen) atoms. The number of nitrogens with zero attached hydrogens (tertiary/aromatic N) is 2. The largest absolute Gasteiger partial charge is 0.348 e. The average molecular weight is 384 g/mol. The molecule has 0 radical (unpaired) electrons. The van der Waals surface area contributed by atoms with Gasteiger partial charge < -0.3 is 15.5 Å². The summed E-state index contributed by atoms with van der Waals surface area (Å²) in [7, 11) is 0. The van der Waals surface area contributed by atoms with E-state index in [2.05, 4.69) is 15.6 Å². The van der Waals surface area contributed by atoms with E-state index in [1.807, 2.05) is 0 Å². The van der Waals surface area contributed by atoms with Crippen LogP contribution in [0, 0.1) is 11.7 Å². The zero-order valence-electron chi connectivity index (χ0n) is 15.2. The first-order chi connectivity index (χ1) is 13.5. The zero-order valence-corrected chi connectivity index (χ0v) is 15.2. The van der Waals surface area contributed by atoms with Gasteiger partial charge in [-0.3, -0.25) is 19.4 Å². The SMILES string of the molecule is O=C(NCC1CCN(C(=O)c2ccccc2F)CC1)C(=O)Nc1cccnc1. The lowest BCUT2D eigenvalue weighted by molar-refractivity contribution is -0.136. The molecular weight excluding hydrogens is 363 g/mol. The number of anilines is 1. The topological polar surface area (TPSA) is 91.4 Å². The standard InChI is InChI=1S/C20H21FN4O3/c21-17-6-2-1-5-16(17)20(28)25-10-7-14(8-11-25)12-23-18(26)19(27)24-15-4-3-9-22-13-15/h1-6,9,13-14H,7-8,10-12H2,(H,23,26)(H,24,27). The molecule has 1 aromatic carbocycles. The Hall–Kier alpha value is -3.29. The van der Waals surface area contributed by atoms with Gasteiger partial charge in [0.1, 0.15) is 5.82 Å². The molecule has 0 saturated carbocycles. The molecule has 2 aromatic rings. The van der Waals surface area contributed by atoms with Gasteiger partial charge >= 0.3 is 11.8 Å². The second-order valence-corrected chi connectivity index (χ2v) is 6.62.